The summed E-state index contributed by atoms with van der Waals surface area (Å²) in [5.41, 5.74) is 0.637. The summed E-state index contributed by atoms with van der Waals surface area (Å²) in [6.07, 6.45) is -0.570. The minimum Gasteiger partial charge on any atom is -0.394 e. The van der Waals surface area contributed by atoms with Crippen molar-refractivity contribution in [2.75, 3.05) is 6.61 Å². The number of aromatic nitrogens is 3. The van der Waals surface area contributed by atoms with Crippen LogP contribution in [-0.2, 0) is 4.74 Å². The largest absolute Gasteiger partial charge is 0.394 e. The molecule has 7 nitrogen and oxygen atoms in total. The van der Waals surface area contributed by atoms with E-state index in [1.807, 2.05) is 6.07 Å². The SMILES string of the molecule is OC[C@H]1O[C@@H](c2ncc3cc[nH]c3n2)[C@@H](O)[C@@H]1O. The van der Waals surface area contributed by atoms with Crippen LogP contribution in [0.3, 0.4) is 0 Å². The number of rotatable bonds is 2. The summed E-state index contributed by atoms with van der Waals surface area (Å²) in [6, 6.07) is 1.83. The van der Waals surface area contributed by atoms with Crippen molar-refractivity contribution >= 4 is 11.0 Å². The van der Waals surface area contributed by atoms with Crippen LogP contribution in [0.1, 0.15) is 11.9 Å². The molecule has 1 aliphatic heterocycles. The van der Waals surface area contributed by atoms with Gasteiger partial charge in [0.05, 0.1) is 6.61 Å². The molecule has 1 aliphatic rings. The third kappa shape index (κ3) is 1.68. The molecule has 4 atom stereocenters. The summed E-state index contributed by atoms with van der Waals surface area (Å²) in [5.74, 6) is 0.285. The lowest BCUT2D eigenvalue weighted by Crippen LogP contribution is -2.32. The summed E-state index contributed by atoms with van der Waals surface area (Å²) in [4.78, 5) is 11.3. The van der Waals surface area contributed by atoms with Gasteiger partial charge < -0.3 is 25.0 Å². The molecule has 0 bridgehead atoms. The highest BCUT2D eigenvalue weighted by Crippen LogP contribution is 2.31. The van der Waals surface area contributed by atoms with Gasteiger partial charge in [0.1, 0.15) is 30.1 Å². The fourth-order valence-corrected chi connectivity index (χ4v) is 2.10. The molecule has 0 radical (unpaired) electrons. The number of nitrogens with zero attached hydrogens (tertiary/aromatic N) is 2. The molecule has 4 N–H and O–H groups in total. The second-order valence-electron chi connectivity index (χ2n) is 4.27. The number of hydrogen-bond donors (Lipinski definition) is 4. The van der Waals surface area contributed by atoms with Crippen LogP contribution in [0.15, 0.2) is 18.5 Å². The molecule has 18 heavy (non-hydrogen) atoms. The van der Waals surface area contributed by atoms with E-state index in [1.165, 1.54) is 0 Å². The van der Waals surface area contributed by atoms with Crippen molar-refractivity contribution in [3.63, 3.8) is 0 Å². The molecule has 0 spiro atoms. The van der Waals surface area contributed by atoms with Crippen LogP contribution in [0, 0.1) is 0 Å². The number of ether oxygens (including phenoxy) is 1. The Kier molecular flexibility index (Phi) is 2.75. The average molecular weight is 251 g/mol. The second kappa shape index (κ2) is 4.29. The van der Waals surface area contributed by atoms with Gasteiger partial charge in [-0.25, -0.2) is 9.97 Å². The fraction of sp³-hybridized carbons (Fsp3) is 0.455. The minimum absolute atomic E-state index is 0.285. The number of aliphatic hydroxyl groups excluding tert-OH is 3. The molecule has 0 aromatic carbocycles. The molecule has 7 heteroatoms. The zero-order chi connectivity index (χ0) is 12.7. The van der Waals surface area contributed by atoms with E-state index in [0.717, 1.165) is 5.39 Å². The summed E-state index contributed by atoms with van der Waals surface area (Å²) >= 11 is 0. The zero-order valence-corrected chi connectivity index (χ0v) is 9.39. The molecule has 2 aromatic heterocycles. The molecule has 3 heterocycles. The van der Waals surface area contributed by atoms with E-state index in [1.54, 1.807) is 12.4 Å². The highest BCUT2D eigenvalue weighted by molar-refractivity contribution is 5.73. The van der Waals surface area contributed by atoms with Gasteiger partial charge in [0.2, 0.25) is 0 Å². The number of nitrogens with one attached hydrogen (secondary N) is 1. The van der Waals surface area contributed by atoms with Crippen LogP contribution in [0.5, 0.6) is 0 Å². The monoisotopic (exact) mass is 251 g/mol. The molecule has 0 aliphatic carbocycles. The van der Waals surface area contributed by atoms with Gasteiger partial charge in [0, 0.05) is 17.8 Å². The summed E-state index contributed by atoms with van der Waals surface area (Å²) < 4.78 is 5.36. The first-order valence-electron chi connectivity index (χ1n) is 5.63. The Labute approximate surface area is 102 Å². The maximum Gasteiger partial charge on any atom is 0.162 e. The molecule has 0 saturated carbocycles. The van der Waals surface area contributed by atoms with Gasteiger partial charge in [-0.15, -0.1) is 0 Å². The number of hydrogen-bond acceptors (Lipinski definition) is 6. The van der Waals surface area contributed by atoms with E-state index >= 15 is 0 Å². The van der Waals surface area contributed by atoms with E-state index < -0.39 is 24.4 Å². The van der Waals surface area contributed by atoms with Gasteiger partial charge in [-0.05, 0) is 6.07 Å². The van der Waals surface area contributed by atoms with Gasteiger partial charge in [-0.3, -0.25) is 0 Å². The van der Waals surface area contributed by atoms with Crippen molar-refractivity contribution in [1.82, 2.24) is 15.0 Å². The Morgan fingerprint density at radius 2 is 2.17 bits per heavy atom. The number of aromatic amines is 1. The van der Waals surface area contributed by atoms with E-state index in [0.29, 0.717) is 5.65 Å². The maximum atomic E-state index is 9.86. The summed E-state index contributed by atoms with van der Waals surface area (Å²) in [5, 5.41) is 29.4. The Morgan fingerprint density at radius 1 is 1.33 bits per heavy atom. The van der Waals surface area contributed by atoms with Gasteiger partial charge in [-0.1, -0.05) is 0 Å². The van der Waals surface area contributed by atoms with Crippen LogP contribution in [-0.4, -0.2) is 55.2 Å². The van der Waals surface area contributed by atoms with Crippen molar-refractivity contribution in [2.45, 2.75) is 24.4 Å². The summed E-state index contributed by atoms with van der Waals surface area (Å²) in [7, 11) is 0. The first kappa shape index (κ1) is 11.5. The van der Waals surface area contributed by atoms with Crippen LogP contribution in [0.4, 0.5) is 0 Å². The third-order valence-corrected chi connectivity index (χ3v) is 3.12. The smallest absolute Gasteiger partial charge is 0.162 e. The lowest BCUT2D eigenvalue weighted by Gasteiger charge is -2.12. The minimum atomic E-state index is -1.14. The molecular formula is C11H13N3O4. The Bertz CT molecular complexity index is 558. The second-order valence-corrected chi connectivity index (χ2v) is 4.27. The van der Waals surface area contributed by atoms with Crippen LogP contribution < -0.4 is 0 Å². The predicted octanol–water partition coefficient (Wildman–Crippen LogP) is -0.888. The first-order chi connectivity index (χ1) is 8.70. The van der Waals surface area contributed by atoms with Gasteiger partial charge >= 0.3 is 0 Å². The quantitative estimate of drug-likeness (QED) is 0.551. The molecule has 3 rings (SSSR count). The Morgan fingerprint density at radius 3 is 2.89 bits per heavy atom. The van der Waals surface area contributed by atoms with Crippen LogP contribution >= 0.6 is 0 Å². The highest BCUT2D eigenvalue weighted by Gasteiger charge is 2.44. The molecular weight excluding hydrogens is 238 g/mol. The van der Waals surface area contributed by atoms with Crippen molar-refractivity contribution in [3.8, 4) is 0 Å². The summed E-state index contributed by atoms with van der Waals surface area (Å²) in [6.45, 7) is -0.362. The molecule has 0 unspecified atom stereocenters. The lowest BCUT2D eigenvalue weighted by molar-refractivity contribution is -0.0252. The van der Waals surface area contributed by atoms with Crippen molar-refractivity contribution < 1.29 is 20.1 Å². The molecule has 96 valence electrons. The predicted molar refractivity (Wildman–Crippen MR) is 60.6 cm³/mol. The highest BCUT2D eigenvalue weighted by atomic mass is 16.6. The van der Waals surface area contributed by atoms with Gasteiger partial charge in [0.15, 0.2) is 5.82 Å². The van der Waals surface area contributed by atoms with Crippen LogP contribution in [0.25, 0.3) is 11.0 Å². The van der Waals surface area contributed by atoms with E-state index in [4.69, 9.17) is 9.84 Å². The third-order valence-electron chi connectivity index (χ3n) is 3.12. The molecule has 1 saturated heterocycles. The maximum absolute atomic E-state index is 9.86. The number of aliphatic hydroxyl groups is 3. The number of H-pyrrole nitrogens is 1. The fourth-order valence-electron chi connectivity index (χ4n) is 2.10. The molecule has 1 fully saturated rings. The van der Waals surface area contributed by atoms with Gasteiger partial charge in [-0.2, -0.15) is 0 Å². The van der Waals surface area contributed by atoms with Crippen molar-refractivity contribution in [3.05, 3.63) is 24.3 Å². The van der Waals surface area contributed by atoms with Crippen LogP contribution in [0.2, 0.25) is 0 Å². The zero-order valence-electron chi connectivity index (χ0n) is 9.39. The standard InChI is InChI=1S/C11H13N3O4/c15-4-6-7(16)8(17)9(18-6)11-13-3-5-1-2-12-10(5)14-11/h1-3,6-9,15-17H,4H2,(H,12,13,14)/t6-,7-,8+,9-/m1/s1. The normalized spacial score (nSPS) is 32.2. The molecule has 0 amide bonds. The van der Waals surface area contributed by atoms with Gasteiger partial charge in [0.25, 0.3) is 0 Å². The lowest BCUT2D eigenvalue weighted by atomic mass is 10.1. The first-order valence-corrected chi connectivity index (χ1v) is 5.63. The number of fused-ring (bicyclic) bond motifs is 1. The Balaban J connectivity index is 1.94. The topological polar surface area (TPSA) is 111 Å². The average Bonchev–Trinajstić information content (AvgIpc) is 2.95. The molecule has 2 aromatic rings. The van der Waals surface area contributed by atoms with E-state index in [2.05, 4.69) is 15.0 Å². The van der Waals surface area contributed by atoms with E-state index in [-0.39, 0.29) is 12.4 Å². The van der Waals surface area contributed by atoms with E-state index in [9.17, 15) is 10.2 Å². The van der Waals surface area contributed by atoms with Crippen molar-refractivity contribution in [2.24, 2.45) is 0 Å². The van der Waals surface area contributed by atoms with Crippen molar-refractivity contribution in [1.29, 1.82) is 0 Å². The Hall–Kier alpha value is -1.54.